The van der Waals surface area contributed by atoms with Crippen molar-refractivity contribution >= 4 is 47.7 Å². The molecule has 0 radical (unpaired) electrons. The first-order chi connectivity index (χ1) is 22.3. The molecule has 0 amide bonds. The molecule has 1 nitrogen and oxygen atoms in total. The molecule has 4 bridgehead atoms. The first-order valence-corrected chi connectivity index (χ1v) is 18.6. The third-order valence-corrected chi connectivity index (χ3v) is 13.8. The van der Waals surface area contributed by atoms with Crippen LogP contribution in [-0.2, 0) is 25.7 Å². The van der Waals surface area contributed by atoms with Gasteiger partial charge in [0.05, 0.1) is 7.11 Å². The van der Waals surface area contributed by atoms with Crippen LogP contribution in [0.2, 0.25) is 0 Å². The maximum absolute atomic E-state index is 6.11. The summed E-state index contributed by atoms with van der Waals surface area (Å²) in [5, 5.41) is 8.56. The van der Waals surface area contributed by atoms with E-state index in [1.165, 1.54) is 54.1 Å². The van der Waals surface area contributed by atoms with E-state index in [0.29, 0.717) is 0 Å². The molecular weight excluding hydrogens is 582 g/mol. The van der Waals surface area contributed by atoms with Crippen molar-refractivity contribution in [1.82, 2.24) is 0 Å². The lowest BCUT2D eigenvalue weighted by atomic mass is 10.0. The number of aryl methyl sites for hydroxylation is 4. The minimum Gasteiger partial charge on any atom is -0.496 e. The predicted octanol–water partition coefficient (Wildman–Crippen LogP) is 7.49. The molecule has 0 unspecified atom stereocenters. The second-order valence-electron chi connectivity index (χ2n) is 11.6. The van der Waals surface area contributed by atoms with Crippen molar-refractivity contribution < 1.29 is 4.74 Å². The quantitative estimate of drug-likeness (QED) is 0.168. The molecule has 45 heavy (non-hydrogen) atoms. The molecular formula is C42H38OP2. The average Bonchev–Trinajstić information content (AvgIpc) is 3.14. The summed E-state index contributed by atoms with van der Waals surface area (Å²) < 4.78 is 6.11. The van der Waals surface area contributed by atoms with Gasteiger partial charge in [0.1, 0.15) is 5.75 Å². The van der Waals surface area contributed by atoms with Crippen LogP contribution in [0.5, 0.6) is 5.75 Å². The van der Waals surface area contributed by atoms with Crippen LogP contribution in [0.25, 0.3) is 0 Å². The van der Waals surface area contributed by atoms with E-state index in [1.807, 2.05) is 7.11 Å². The van der Waals surface area contributed by atoms with Gasteiger partial charge in [-0.05, 0) is 114 Å². The largest absolute Gasteiger partial charge is 0.496 e. The summed E-state index contributed by atoms with van der Waals surface area (Å²) in [7, 11) is 0.455. The number of ether oxygens (including phenoxy) is 1. The topological polar surface area (TPSA) is 9.23 Å². The number of hydrogen-bond acceptors (Lipinski definition) is 1. The van der Waals surface area contributed by atoms with E-state index in [9.17, 15) is 0 Å². The molecule has 0 fully saturated rings. The Bertz CT molecular complexity index is 1780. The van der Waals surface area contributed by atoms with E-state index in [-0.39, 0.29) is 0 Å². The Kier molecular flexibility index (Phi) is 9.20. The second kappa shape index (κ2) is 14.0. The molecule has 3 heteroatoms. The Labute approximate surface area is 270 Å². The van der Waals surface area contributed by atoms with Gasteiger partial charge >= 0.3 is 0 Å². The molecule has 0 aromatic heterocycles. The highest BCUT2D eigenvalue weighted by Crippen LogP contribution is 2.39. The summed E-state index contributed by atoms with van der Waals surface area (Å²) in [6, 6.07) is 56.7. The van der Waals surface area contributed by atoms with Crippen LogP contribution in [-0.4, -0.2) is 7.11 Å². The molecule has 6 aromatic carbocycles. The van der Waals surface area contributed by atoms with E-state index in [1.54, 1.807) is 0 Å². The molecule has 222 valence electrons. The van der Waals surface area contributed by atoms with E-state index < -0.39 is 15.8 Å². The Morgan fingerprint density at radius 2 is 0.889 bits per heavy atom. The van der Waals surface area contributed by atoms with Crippen molar-refractivity contribution in [3.8, 4) is 5.75 Å². The highest BCUT2D eigenvalue weighted by molar-refractivity contribution is 7.80. The first-order valence-electron chi connectivity index (χ1n) is 15.9. The van der Waals surface area contributed by atoms with Crippen molar-refractivity contribution in [3.05, 3.63) is 174 Å². The molecule has 0 saturated carbocycles. The van der Waals surface area contributed by atoms with E-state index in [4.69, 9.17) is 4.74 Å². The van der Waals surface area contributed by atoms with Crippen molar-refractivity contribution in [2.45, 2.75) is 32.1 Å². The van der Waals surface area contributed by atoms with Crippen LogP contribution in [0.3, 0.4) is 0 Å². The lowest BCUT2D eigenvalue weighted by molar-refractivity contribution is 0.409. The molecule has 0 atom stereocenters. The molecule has 10 rings (SSSR count). The number of methoxy groups -OCH3 is 1. The molecule has 0 aliphatic heterocycles. The number of benzene rings is 6. The normalized spacial score (nSPS) is 13.0. The molecule has 0 spiro atoms. The first kappa shape index (κ1) is 29.7. The minimum absolute atomic E-state index is 0.678. The number of rotatable bonds is 7. The van der Waals surface area contributed by atoms with Gasteiger partial charge in [0.25, 0.3) is 0 Å². The average molecular weight is 621 g/mol. The van der Waals surface area contributed by atoms with Crippen LogP contribution in [0, 0.1) is 0 Å². The highest BCUT2D eigenvalue weighted by atomic mass is 31.1. The Balaban J connectivity index is 1.35. The third kappa shape index (κ3) is 6.53. The maximum atomic E-state index is 6.11. The van der Waals surface area contributed by atoms with Gasteiger partial charge in [-0.15, -0.1) is 0 Å². The summed E-state index contributed by atoms with van der Waals surface area (Å²) in [6.45, 7) is 0. The summed E-state index contributed by atoms with van der Waals surface area (Å²) in [5.41, 5.74) is 5.59. The van der Waals surface area contributed by atoms with Crippen LogP contribution in [0.15, 0.2) is 152 Å². The predicted molar refractivity (Wildman–Crippen MR) is 196 cm³/mol. The van der Waals surface area contributed by atoms with Gasteiger partial charge in [0, 0.05) is 0 Å². The van der Waals surface area contributed by atoms with Crippen molar-refractivity contribution in [3.63, 3.8) is 0 Å². The fourth-order valence-corrected chi connectivity index (χ4v) is 11.7. The van der Waals surface area contributed by atoms with Gasteiger partial charge in [-0.1, -0.05) is 140 Å². The number of hydrogen-bond donors (Lipinski definition) is 0. The molecule has 0 N–H and O–H groups in total. The van der Waals surface area contributed by atoms with Gasteiger partial charge in [0.15, 0.2) is 0 Å². The molecule has 0 heterocycles. The Hall–Kier alpha value is -4.02. The van der Waals surface area contributed by atoms with Gasteiger partial charge < -0.3 is 4.74 Å². The van der Waals surface area contributed by atoms with Crippen molar-refractivity contribution in [2.75, 3.05) is 7.11 Å². The van der Waals surface area contributed by atoms with Crippen LogP contribution >= 0.6 is 15.8 Å². The molecule has 0 saturated heterocycles. The van der Waals surface area contributed by atoms with E-state index in [2.05, 4.69) is 152 Å². The molecule has 4 aliphatic carbocycles. The van der Waals surface area contributed by atoms with Gasteiger partial charge in [0.2, 0.25) is 0 Å². The summed E-state index contributed by atoms with van der Waals surface area (Å²) in [4.78, 5) is 0. The smallest absolute Gasteiger partial charge is 0.122 e. The monoisotopic (exact) mass is 620 g/mol. The van der Waals surface area contributed by atoms with Crippen molar-refractivity contribution in [1.29, 1.82) is 0 Å². The zero-order valence-electron chi connectivity index (χ0n) is 25.8. The lowest BCUT2D eigenvalue weighted by Crippen LogP contribution is -2.24. The van der Waals surface area contributed by atoms with E-state index in [0.717, 1.165) is 37.9 Å². The zero-order valence-corrected chi connectivity index (χ0v) is 27.6. The molecule has 6 aromatic rings. The van der Waals surface area contributed by atoms with Gasteiger partial charge in [-0.2, -0.15) is 0 Å². The highest BCUT2D eigenvalue weighted by Gasteiger charge is 2.24. The summed E-state index contributed by atoms with van der Waals surface area (Å²) >= 11 is 0. The fraction of sp³-hybridized carbons (Fsp3) is 0.143. The van der Waals surface area contributed by atoms with Crippen LogP contribution < -0.4 is 36.6 Å². The van der Waals surface area contributed by atoms with E-state index >= 15 is 0 Å². The SMILES string of the molecule is COc1cc2c(P(c3ccccc3)c3ccccc3)cc1CCc1ccc(cc1P(c1ccccc1)c1ccccc1)CCC2. The minimum atomic E-state index is -0.701. The summed E-state index contributed by atoms with van der Waals surface area (Å²) in [6.07, 6.45) is 5.07. The molecule has 4 aliphatic rings. The zero-order chi connectivity index (χ0) is 30.4. The second-order valence-corrected chi connectivity index (χ2v) is 16.0. The summed E-state index contributed by atoms with van der Waals surface area (Å²) in [5.74, 6) is 1.02. The van der Waals surface area contributed by atoms with Gasteiger partial charge in [-0.25, -0.2) is 0 Å². The van der Waals surface area contributed by atoms with Crippen LogP contribution in [0.1, 0.15) is 28.7 Å². The Morgan fingerprint density at radius 1 is 0.422 bits per heavy atom. The van der Waals surface area contributed by atoms with Gasteiger partial charge in [-0.3, -0.25) is 0 Å². The standard InChI is InChI=1S/C42H38OP2/c1-43-40-30-35-16-14-15-32-25-26-33(41(29-32)44(36-17-6-2-7-18-36)37-19-8-3-9-20-37)27-28-34(40)31-42(35)45(38-21-10-4-11-22-38)39-23-12-5-13-24-39/h2-13,17-26,29-31H,14-16,27-28H2,1H3. The van der Waals surface area contributed by atoms with Crippen molar-refractivity contribution in [2.24, 2.45) is 0 Å². The maximum Gasteiger partial charge on any atom is 0.122 e. The Morgan fingerprint density at radius 3 is 1.38 bits per heavy atom. The van der Waals surface area contributed by atoms with Crippen LogP contribution in [0.4, 0.5) is 0 Å². The fourth-order valence-electron chi connectivity index (χ4n) is 6.55. The third-order valence-electron chi connectivity index (χ3n) is 8.75. The lowest BCUT2D eigenvalue weighted by Gasteiger charge is -2.25.